The molecule has 1 heterocycles. The second-order valence-corrected chi connectivity index (χ2v) is 4.81. The van der Waals surface area contributed by atoms with E-state index in [1.807, 2.05) is 24.3 Å². The summed E-state index contributed by atoms with van der Waals surface area (Å²) in [6.45, 7) is 3.50. The van der Waals surface area contributed by atoms with Crippen LogP contribution in [-0.2, 0) is 4.74 Å². The third-order valence-electron chi connectivity index (χ3n) is 3.16. The predicted octanol–water partition coefficient (Wildman–Crippen LogP) is 1.76. The van der Waals surface area contributed by atoms with E-state index in [4.69, 9.17) is 15.2 Å². The first-order chi connectivity index (χ1) is 8.74. The minimum absolute atomic E-state index is 0.409. The van der Waals surface area contributed by atoms with E-state index in [2.05, 4.69) is 11.9 Å². The van der Waals surface area contributed by atoms with E-state index in [-0.39, 0.29) is 0 Å². The standard InChI is InChI=1S/C14H22N2O2/c1-16(11-14-3-2-9-17-14)8-10-18-13-6-4-12(15)5-7-13/h4-7,14H,2-3,8-11,15H2,1H3. The van der Waals surface area contributed by atoms with Gasteiger partial charge in [0.25, 0.3) is 0 Å². The van der Waals surface area contributed by atoms with Crippen molar-refractivity contribution in [2.24, 2.45) is 0 Å². The fourth-order valence-corrected chi connectivity index (χ4v) is 2.11. The van der Waals surface area contributed by atoms with Crippen LogP contribution in [0, 0.1) is 0 Å². The monoisotopic (exact) mass is 250 g/mol. The number of nitrogen functional groups attached to an aromatic ring is 1. The molecule has 1 aromatic rings. The van der Waals surface area contributed by atoms with E-state index >= 15 is 0 Å². The highest BCUT2D eigenvalue weighted by Gasteiger charge is 2.16. The molecule has 4 heteroatoms. The van der Waals surface area contributed by atoms with Crippen molar-refractivity contribution >= 4 is 5.69 Å². The van der Waals surface area contributed by atoms with Crippen molar-refractivity contribution in [2.75, 3.05) is 39.1 Å². The topological polar surface area (TPSA) is 47.7 Å². The molecule has 18 heavy (non-hydrogen) atoms. The molecule has 0 aromatic heterocycles. The molecule has 1 saturated heterocycles. The molecule has 0 bridgehead atoms. The number of benzene rings is 1. The van der Waals surface area contributed by atoms with Crippen molar-refractivity contribution in [3.05, 3.63) is 24.3 Å². The highest BCUT2D eigenvalue weighted by Crippen LogP contribution is 2.14. The number of nitrogens with zero attached hydrogens (tertiary/aromatic N) is 1. The zero-order chi connectivity index (χ0) is 12.8. The van der Waals surface area contributed by atoms with Crippen LogP contribution in [0.4, 0.5) is 5.69 Å². The first-order valence-electron chi connectivity index (χ1n) is 6.52. The third kappa shape index (κ3) is 4.20. The lowest BCUT2D eigenvalue weighted by molar-refractivity contribution is 0.0771. The van der Waals surface area contributed by atoms with Crippen LogP contribution >= 0.6 is 0 Å². The fourth-order valence-electron chi connectivity index (χ4n) is 2.11. The Morgan fingerprint density at radius 1 is 1.39 bits per heavy atom. The smallest absolute Gasteiger partial charge is 0.119 e. The Morgan fingerprint density at radius 2 is 2.17 bits per heavy atom. The second kappa shape index (κ2) is 6.61. The minimum Gasteiger partial charge on any atom is -0.492 e. The summed E-state index contributed by atoms with van der Waals surface area (Å²) in [5.74, 6) is 0.870. The Balaban J connectivity index is 1.63. The summed E-state index contributed by atoms with van der Waals surface area (Å²) in [5.41, 5.74) is 6.38. The molecule has 2 rings (SSSR count). The number of anilines is 1. The van der Waals surface area contributed by atoms with Crippen molar-refractivity contribution in [1.29, 1.82) is 0 Å². The quantitative estimate of drug-likeness (QED) is 0.782. The van der Waals surface area contributed by atoms with Gasteiger partial charge in [-0.3, -0.25) is 0 Å². The zero-order valence-electron chi connectivity index (χ0n) is 11.0. The Morgan fingerprint density at radius 3 is 2.83 bits per heavy atom. The summed E-state index contributed by atoms with van der Waals surface area (Å²) in [6.07, 6.45) is 2.79. The molecule has 1 atom stereocenters. The van der Waals surface area contributed by atoms with Crippen molar-refractivity contribution < 1.29 is 9.47 Å². The molecule has 0 amide bonds. The lowest BCUT2D eigenvalue weighted by atomic mass is 10.2. The summed E-state index contributed by atoms with van der Waals surface area (Å²) in [5, 5.41) is 0. The molecule has 0 aliphatic carbocycles. The number of likely N-dealkylation sites (N-methyl/N-ethyl adjacent to an activating group) is 1. The summed E-state index contributed by atoms with van der Waals surface area (Å²) < 4.78 is 11.3. The molecule has 4 nitrogen and oxygen atoms in total. The molecule has 0 radical (unpaired) electrons. The molecule has 2 N–H and O–H groups in total. The average molecular weight is 250 g/mol. The van der Waals surface area contributed by atoms with Crippen LogP contribution in [0.5, 0.6) is 5.75 Å². The lowest BCUT2D eigenvalue weighted by Gasteiger charge is -2.20. The largest absolute Gasteiger partial charge is 0.492 e. The van der Waals surface area contributed by atoms with Gasteiger partial charge in [0, 0.05) is 25.4 Å². The SMILES string of the molecule is CN(CCOc1ccc(N)cc1)CC1CCCO1. The minimum atomic E-state index is 0.409. The number of ether oxygens (including phenoxy) is 2. The van der Waals surface area contributed by atoms with Crippen LogP contribution in [-0.4, -0.2) is 44.4 Å². The van der Waals surface area contributed by atoms with E-state index in [1.54, 1.807) is 0 Å². The van der Waals surface area contributed by atoms with Crippen LogP contribution in [0.2, 0.25) is 0 Å². The molecule has 1 aliphatic rings. The van der Waals surface area contributed by atoms with Crippen molar-refractivity contribution in [1.82, 2.24) is 4.90 Å². The molecular formula is C14H22N2O2. The van der Waals surface area contributed by atoms with Gasteiger partial charge in [0.2, 0.25) is 0 Å². The first-order valence-corrected chi connectivity index (χ1v) is 6.52. The maximum absolute atomic E-state index is 5.66. The van der Waals surface area contributed by atoms with Crippen LogP contribution in [0.3, 0.4) is 0 Å². The number of nitrogens with two attached hydrogens (primary N) is 1. The van der Waals surface area contributed by atoms with E-state index < -0.39 is 0 Å². The van der Waals surface area contributed by atoms with Gasteiger partial charge in [-0.25, -0.2) is 0 Å². The van der Waals surface area contributed by atoms with Gasteiger partial charge in [0.1, 0.15) is 12.4 Å². The van der Waals surface area contributed by atoms with Gasteiger partial charge in [0.05, 0.1) is 6.10 Å². The van der Waals surface area contributed by atoms with E-state index in [0.29, 0.717) is 12.7 Å². The second-order valence-electron chi connectivity index (χ2n) is 4.81. The van der Waals surface area contributed by atoms with Crippen molar-refractivity contribution in [3.63, 3.8) is 0 Å². The highest BCUT2D eigenvalue weighted by atomic mass is 16.5. The van der Waals surface area contributed by atoms with Crippen LogP contribution in [0.15, 0.2) is 24.3 Å². The van der Waals surface area contributed by atoms with Crippen molar-refractivity contribution in [2.45, 2.75) is 18.9 Å². The Hall–Kier alpha value is -1.26. The third-order valence-corrected chi connectivity index (χ3v) is 3.16. The van der Waals surface area contributed by atoms with Gasteiger partial charge in [-0.1, -0.05) is 0 Å². The van der Waals surface area contributed by atoms with Gasteiger partial charge >= 0.3 is 0 Å². The van der Waals surface area contributed by atoms with E-state index in [0.717, 1.165) is 31.1 Å². The van der Waals surface area contributed by atoms with Crippen LogP contribution in [0.1, 0.15) is 12.8 Å². The Bertz CT molecular complexity index is 347. The van der Waals surface area contributed by atoms with Gasteiger partial charge < -0.3 is 20.1 Å². The molecule has 1 aliphatic heterocycles. The van der Waals surface area contributed by atoms with E-state index in [1.165, 1.54) is 12.8 Å². The maximum Gasteiger partial charge on any atom is 0.119 e. The lowest BCUT2D eigenvalue weighted by Crippen LogP contribution is -2.32. The highest BCUT2D eigenvalue weighted by molar-refractivity contribution is 5.41. The summed E-state index contributed by atoms with van der Waals surface area (Å²) >= 11 is 0. The predicted molar refractivity (Wildman–Crippen MR) is 72.8 cm³/mol. The summed E-state index contributed by atoms with van der Waals surface area (Å²) in [7, 11) is 2.11. The maximum atomic E-state index is 5.66. The van der Waals surface area contributed by atoms with E-state index in [9.17, 15) is 0 Å². The molecule has 1 aromatic carbocycles. The molecule has 1 unspecified atom stereocenters. The van der Waals surface area contributed by atoms with Gasteiger partial charge in [-0.15, -0.1) is 0 Å². The molecule has 0 spiro atoms. The fraction of sp³-hybridized carbons (Fsp3) is 0.571. The summed E-state index contributed by atoms with van der Waals surface area (Å²) in [6, 6.07) is 7.50. The van der Waals surface area contributed by atoms with Crippen LogP contribution in [0.25, 0.3) is 0 Å². The number of hydrogen-bond acceptors (Lipinski definition) is 4. The van der Waals surface area contributed by atoms with Crippen molar-refractivity contribution in [3.8, 4) is 5.75 Å². The average Bonchev–Trinajstić information content (AvgIpc) is 2.84. The van der Waals surface area contributed by atoms with Gasteiger partial charge in [-0.05, 0) is 44.2 Å². The molecule has 1 fully saturated rings. The Labute approximate surface area is 109 Å². The molecule has 0 saturated carbocycles. The zero-order valence-corrected chi connectivity index (χ0v) is 11.0. The van der Waals surface area contributed by atoms with Gasteiger partial charge in [-0.2, -0.15) is 0 Å². The summed E-state index contributed by atoms with van der Waals surface area (Å²) in [4.78, 5) is 2.26. The number of rotatable bonds is 6. The normalized spacial score (nSPS) is 19.3. The molecular weight excluding hydrogens is 228 g/mol. The first kappa shape index (κ1) is 13.2. The van der Waals surface area contributed by atoms with Gasteiger partial charge in [0.15, 0.2) is 0 Å². The Kier molecular flexibility index (Phi) is 4.84. The molecule has 100 valence electrons. The number of hydrogen-bond donors (Lipinski definition) is 1. The van der Waals surface area contributed by atoms with Crippen LogP contribution < -0.4 is 10.5 Å².